The second kappa shape index (κ2) is 9.63. The molecule has 0 unspecified atom stereocenters. The Labute approximate surface area is 242 Å². The van der Waals surface area contributed by atoms with Crippen molar-refractivity contribution < 1.29 is 10.2 Å². The summed E-state index contributed by atoms with van der Waals surface area (Å²) in [6.07, 6.45) is 12.0. The number of benzene rings is 1. The van der Waals surface area contributed by atoms with E-state index in [1.807, 2.05) is 11.8 Å². The molecule has 10 atom stereocenters. The van der Waals surface area contributed by atoms with Gasteiger partial charge in [-0.2, -0.15) is 0 Å². The fourth-order valence-electron chi connectivity index (χ4n) is 12.3. The van der Waals surface area contributed by atoms with Crippen LogP contribution in [0.4, 0.5) is 0 Å². The third-order valence-corrected chi connectivity index (χ3v) is 15.7. The van der Waals surface area contributed by atoms with Crippen molar-refractivity contribution in [2.75, 3.05) is 12.4 Å². The van der Waals surface area contributed by atoms with Crippen molar-refractivity contribution in [3.05, 3.63) is 42.5 Å². The first-order chi connectivity index (χ1) is 18.4. The van der Waals surface area contributed by atoms with E-state index >= 15 is 0 Å². The van der Waals surface area contributed by atoms with E-state index in [4.69, 9.17) is 6.58 Å². The number of aliphatic hydroxyl groups excluding tert-OH is 2. The van der Waals surface area contributed by atoms with E-state index in [0.29, 0.717) is 46.5 Å². The standard InChI is InChI=1S/C36H54O2S/c1-24(22-39-25-10-8-7-9-11-25)26-14-19-36(23-37)21-20-34(5)27(31(26)36)12-13-29-33(4)17-16-30(38)32(2,3)28(33)15-18-35(29,34)6/h7-11,26-31,37-38H,1,12-23H2,2-6H3/t26-,27+,28-,29+,30-,31+,33-,34+,35+,36+/m0/s1. The highest BCUT2D eigenvalue weighted by molar-refractivity contribution is 7.99. The molecule has 216 valence electrons. The molecule has 0 bridgehead atoms. The van der Waals surface area contributed by atoms with Gasteiger partial charge < -0.3 is 10.2 Å². The molecule has 0 aliphatic heterocycles. The zero-order valence-corrected chi connectivity index (χ0v) is 26.2. The van der Waals surface area contributed by atoms with E-state index in [1.54, 1.807) is 0 Å². The van der Waals surface area contributed by atoms with Crippen LogP contribution in [0.2, 0.25) is 0 Å². The summed E-state index contributed by atoms with van der Waals surface area (Å²) in [4.78, 5) is 1.33. The normalized spacial score (nSPS) is 48.4. The van der Waals surface area contributed by atoms with Crippen LogP contribution < -0.4 is 0 Å². The number of hydrogen-bond acceptors (Lipinski definition) is 3. The highest BCUT2D eigenvalue weighted by atomic mass is 32.2. The molecule has 0 heterocycles. The maximum atomic E-state index is 11.0. The van der Waals surface area contributed by atoms with Gasteiger partial charge in [0.15, 0.2) is 0 Å². The number of hydrogen-bond donors (Lipinski definition) is 2. The lowest BCUT2D eigenvalue weighted by atomic mass is 9.32. The summed E-state index contributed by atoms with van der Waals surface area (Å²) in [5.41, 5.74) is 2.47. The number of aliphatic hydroxyl groups is 2. The summed E-state index contributed by atoms with van der Waals surface area (Å²) in [5.74, 6) is 4.11. The van der Waals surface area contributed by atoms with Crippen molar-refractivity contribution in [1.29, 1.82) is 0 Å². The van der Waals surface area contributed by atoms with Gasteiger partial charge in [0.25, 0.3) is 0 Å². The molecule has 5 fully saturated rings. The van der Waals surface area contributed by atoms with Crippen molar-refractivity contribution in [3.8, 4) is 0 Å². The van der Waals surface area contributed by atoms with Crippen LogP contribution in [0.5, 0.6) is 0 Å². The van der Waals surface area contributed by atoms with Crippen LogP contribution in [0.15, 0.2) is 47.4 Å². The summed E-state index contributed by atoms with van der Waals surface area (Å²) >= 11 is 1.94. The van der Waals surface area contributed by atoms with Crippen molar-refractivity contribution >= 4 is 11.8 Å². The first-order valence-corrected chi connectivity index (χ1v) is 17.1. The molecule has 6 rings (SSSR count). The average molecular weight is 551 g/mol. The molecule has 0 spiro atoms. The zero-order chi connectivity index (χ0) is 27.8. The van der Waals surface area contributed by atoms with E-state index < -0.39 is 0 Å². The fraction of sp³-hybridized carbons (Fsp3) is 0.778. The summed E-state index contributed by atoms with van der Waals surface area (Å²) < 4.78 is 0. The second-order valence-corrected chi connectivity index (χ2v) is 17.0. The smallest absolute Gasteiger partial charge is 0.0594 e. The minimum atomic E-state index is -0.161. The van der Waals surface area contributed by atoms with Gasteiger partial charge in [0.1, 0.15) is 0 Å². The van der Waals surface area contributed by atoms with E-state index in [2.05, 4.69) is 65.0 Å². The first kappa shape index (κ1) is 28.4. The minimum absolute atomic E-state index is 0.00933. The Morgan fingerprint density at radius 1 is 0.846 bits per heavy atom. The topological polar surface area (TPSA) is 40.5 Å². The Morgan fingerprint density at radius 3 is 2.31 bits per heavy atom. The quantitative estimate of drug-likeness (QED) is 0.284. The summed E-state index contributed by atoms with van der Waals surface area (Å²) in [6, 6.07) is 10.8. The van der Waals surface area contributed by atoms with Gasteiger partial charge in [-0.3, -0.25) is 0 Å². The lowest BCUT2D eigenvalue weighted by molar-refractivity contribution is -0.249. The van der Waals surface area contributed by atoms with E-state index in [0.717, 1.165) is 18.1 Å². The molecule has 1 aromatic rings. The average Bonchev–Trinajstić information content (AvgIpc) is 3.31. The molecule has 0 amide bonds. The van der Waals surface area contributed by atoms with Gasteiger partial charge >= 0.3 is 0 Å². The molecule has 2 nitrogen and oxygen atoms in total. The maximum absolute atomic E-state index is 11.0. The Bertz CT molecular complexity index is 1080. The van der Waals surface area contributed by atoms with Gasteiger partial charge in [0.2, 0.25) is 0 Å². The Kier molecular flexibility index (Phi) is 7.00. The predicted octanol–water partition coefficient (Wildman–Crippen LogP) is 8.77. The van der Waals surface area contributed by atoms with Crippen LogP contribution in [0, 0.1) is 56.7 Å². The molecule has 0 radical (unpaired) electrons. The van der Waals surface area contributed by atoms with Crippen LogP contribution >= 0.6 is 11.8 Å². The molecule has 3 heteroatoms. The summed E-state index contributed by atoms with van der Waals surface area (Å²) in [6.45, 7) is 17.8. The van der Waals surface area contributed by atoms with Gasteiger partial charge in [0, 0.05) is 17.3 Å². The molecule has 39 heavy (non-hydrogen) atoms. The molecular formula is C36H54O2S. The first-order valence-electron chi connectivity index (χ1n) is 16.1. The van der Waals surface area contributed by atoms with Gasteiger partial charge in [-0.15, -0.1) is 11.8 Å². The van der Waals surface area contributed by atoms with Crippen LogP contribution in [0.1, 0.15) is 98.8 Å². The SMILES string of the molecule is C=C(CSc1ccccc1)[C@@H]1CC[C@]2(CO)CC[C@]3(C)[C@H](CC[C@@H]4[C@@]5(C)CC[C@H](O)C(C)(C)[C@@H]5CC[C@]43C)[C@@H]12. The molecule has 5 saturated carbocycles. The van der Waals surface area contributed by atoms with Gasteiger partial charge in [-0.1, -0.05) is 65.0 Å². The van der Waals surface area contributed by atoms with Crippen molar-refractivity contribution in [3.63, 3.8) is 0 Å². The lowest BCUT2D eigenvalue weighted by Crippen LogP contribution is -2.66. The van der Waals surface area contributed by atoms with Gasteiger partial charge in [-0.05, 0) is 133 Å². The minimum Gasteiger partial charge on any atom is -0.396 e. The number of fused-ring (bicyclic) bond motifs is 7. The van der Waals surface area contributed by atoms with E-state index in [9.17, 15) is 10.2 Å². The van der Waals surface area contributed by atoms with Crippen LogP contribution in [0.25, 0.3) is 0 Å². The Balaban J connectivity index is 1.30. The number of thioether (sulfide) groups is 1. The lowest BCUT2D eigenvalue weighted by Gasteiger charge is -2.73. The third kappa shape index (κ3) is 3.94. The molecule has 1 aromatic carbocycles. The largest absolute Gasteiger partial charge is 0.396 e. The van der Waals surface area contributed by atoms with E-state index in [1.165, 1.54) is 68.3 Å². The molecule has 5 aliphatic rings. The Hall–Kier alpha value is -0.770. The van der Waals surface area contributed by atoms with Crippen molar-refractivity contribution in [2.24, 2.45) is 56.7 Å². The Morgan fingerprint density at radius 2 is 1.59 bits per heavy atom. The predicted molar refractivity (Wildman–Crippen MR) is 164 cm³/mol. The highest BCUT2D eigenvalue weighted by Gasteiger charge is 2.70. The zero-order valence-electron chi connectivity index (χ0n) is 25.3. The van der Waals surface area contributed by atoms with Gasteiger partial charge in [-0.25, -0.2) is 0 Å². The maximum Gasteiger partial charge on any atom is 0.0594 e. The molecular weight excluding hydrogens is 496 g/mol. The fourth-order valence-corrected chi connectivity index (χ4v) is 13.2. The third-order valence-electron chi connectivity index (χ3n) is 14.6. The molecule has 5 aliphatic carbocycles. The van der Waals surface area contributed by atoms with Crippen LogP contribution in [-0.4, -0.2) is 28.7 Å². The van der Waals surface area contributed by atoms with Gasteiger partial charge in [0.05, 0.1) is 6.10 Å². The number of rotatable bonds is 5. The van der Waals surface area contributed by atoms with Crippen molar-refractivity contribution in [1.82, 2.24) is 0 Å². The summed E-state index contributed by atoms with van der Waals surface area (Å²) in [5, 5.41) is 22.0. The van der Waals surface area contributed by atoms with Crippen molar-refractivity contribution in [2.45, 2.75) is 110 Å². The summed E-state index contributed by atoms with van der Waals surface area (Å²) in [7, 11) is 0. The second-order valence-electron chi connectivity index (χ2n) is 16.0. The monoisotopic (exact) mass is 550 g/mol. The van der Waals surface area contributed by atoms with Crippen LogP contribution in [-0.2, 0) is 0 Å². The van der Waals surface area contributed by atoms with Crippen LogP contribution in [0.3, 0.4) is 0 Å². The van der Waals surface area contributed by atoms with E-state index in [-0.39, 0.29) is 16.9 Å². The molecule has 0 aromatic heterocycles. The molecule has 2 N–H and O–H groups in total. The molecule has 0 saturated heterocycles. The highest BCUT2D eigenvalue weighted by Crippen LogP contribution is 2.77.